The molecule has 0 radical (unpaired) electrons. The topological polar surface area (TPSA) is 94.4 Å². The van der Waals surface area contributed by atoms with E-state index in [1.54, 1.807) is 24.3 Å². The number of aryl methyl sites for hydroxylation is 1. The molecule has 2 aromatic rings. The summed E-state index contributed by atoms with van der Waals surface area (Å²) in [5, 5.41) is 12.2. The molecule has 8 nitrogen and oxygen atoms in total. The van der Waals surface area contributed by atoms with E-state index in [-0.39, 0.29) is 6.54 Å². The van der Waals surface area contributed by atoms with Crippen molar-refractivity contribution in [1.82, 2.24) is 5.01 Å². The van der Waals surface area contributed by atoms with Crippen molar-refractivity contribution < 1.29 is 14.4 Å². The zero-order chi connectivity index (χ0) is 22.3. The number of nitrogens with one attached hydrogen (secondary N) is 1. The lowest BCUT2D eigenvalue weighted by atomic mass is 10.0. The van der Waals surface area contributed by atoms with Gasteiger partial charge in [-0.1, -0.05) is 48.9 Å². The second-order valence-electron chi connectivity index (χ2n) is 7.98. The molecular weight excluding hydrogens is 418 g/mol. The van der Waals surface area contributed by atoms with Crippen molar-refractivity contribution in [3.63, 3.8) is 0 Å². The van der Waals surface area contributed by atoms with Crippen LogP contribution in [0.2, 0.25) is 5.02 Å². The molecule has 4 rings (SSSR count). The maximum Gasteiger partial charge on any atom is 0.263 e. The third-order valence-corrected chi connectivity index (χ3v) is 5.69. The van der Waals surface area contributed by atoms with Gasteiger partial charge in [-0.05, 0) is 48.2 Å². The summed E-state index contributed by atoms with van der Waals surface area (Å²) in [4.78, 5) is 39.5. The average molecular weight is 440 g/mol. The number of carbonyl (C=O) groups is 3. The molecule has 1 N–H and O–H groups in total. The van der Waals surface area contributed by atoms with Gasteiger partial charge in [0.15, 0.2) is 12.1 Å². The lowest BCUT2D eigenvalue weighted by Gasteiger charge is -2.20. The average Bonchev–Trinajstić information content (AvgIpc) is 3.24. The van der Waals surface area contributed by atoms with Crippen molar-refractivity contribution in [2.24, 2.45) is 10.3 Å². The van der Waals surface area contributed by atoms with Crippen molar-refractivity contribution in [2.75, 3.05) is 16.8 Å². The number of fused-ring (bicyclic) bond motifs is 1. The van der Waals surface area contributed by atoms with Gasteiger partial charge in [0.1, 0.15) is 6.54 Å². The summed E-state index contributed by atoms with van der Waals surface area (Å²) in [5.74, 6) is -0.965. The Morgan fingerprint density at radius 2 is 1.84 bits per heavy atom. The van der Waals surface area contributed by atoms with Crippen molar-refractivity contribution >= 4 is 40.7 Å². The molecule has 0 aromatic heterocycles. The molecule has 0 aliphatic carbocycles. The Kier molecular flexibility index (Phi) is 5.49. The van der Waals surface area contributed by atoms with Crippen LogP contribution in [0.15, 0.2) is 52.8 Å². The van der Waals surface area contributed by atoms with E-state index in [9.17, 15) is 14.4 Å². The van der Waals surface area contributed by atoms with Gasteiger partial charge >= 0.3 is 0 Å². The predicted molar refractivity (Wildman–Crippen MR) is 117 cm³/mol. The monoisotopic (exact) mass is 439 g/mol. The van der Waals surface area contributed by atoms with E-state index in [4.69, 9.17) is 11.6 Å². The van der Waals surface area contributed by atoms with Crippen LogP contribution in [0.3, 0.4) is 0 Å². The third kappa shape index (κ3) is 3.90. The molecule has 2 aliphatic heterocycles. The van der Waals surface area contributed by atoms with Gasteiger partial charge in [-0.25, -0.2) is 4.90 Å². The molecule has 0 unspecified atom stereocenters. The Morgan fingerprint density at radius 1 is 1.13 bits per heavy atom. The fourth-order valence-electron chi connectivity index (χ4n) is 3.67. The number of benzene rings is 2. The van der Waals surface area contributed by atoms with Crippen LogP contribution >= 0.6 is 11.6 Å². The standard InChI is InChI=1S/C22H22ClN5O3/c1-12(2)14-5-7-15(8-6-14)28-21(30)19-20(22(28)31)27(26-25-19)11-18(29)24-17-9-4-13(3)10-16(17)23/h4-10,12,19-20H,11H2,1-3H3,(H,24,29)/t19-,20-/m0/s1. The maximum absolute atomic E-state index is 13.0. The summed E-state index contributed by atoms with van der Waals surface area (Å²) in [5.41, 5.74) is 3.03. The molecule has 31 heavy (non-hydrogen) atoms. The van der Waals surface area contributed by atoms with Crippen LogP contribution in [0.1, 0.15) is 30.9 Å². The van der Waals surface area contributed by atoms with Crippen LogP contribution in [0, 0.1) is 6.92 Å². The van der Waals surface area contributed by atoms with Gasteiger partial charge in [0.25, 0.3) is 11.8 Å². The van der Waals surface area contributed by atoms with E-state index in [1.165, 1.54) is 5.01 Å². The van der Waals surface area contributed by atoms with Crippen molar-refractivity contribution in [1.29, 1.82) is 0 Å². The fraction of sp³-hybridized carbons (Fsp3) is 0.318. The summed E-state index contributed by atoms with van der Waals surface area (Å²) < 4.78 is 0. The molecule has 2 heterocycles. The molecule has 2 aromatic carbocycles. The SMILES string of the molecule is Cc1ccc(NC(=O)CN2N=N[C@@H]3C(=O)N(c4ccc(C(C)C)cc4)C(=O)[C@H]32)c(Cl)c1. The molecule has 0 saturated carbocycles. The maximum atomic E-state index is 13.0. The molecule has 2 aliphatic rings. The Hall–Kier alpha value is -3.26. The minimum atomic E-state index is -0.951. The number of halogens is 1. The highest BCUT2D eigenvalue weighted by Gasteiger charge is 2.55. The number of hydrogen-bond donors (Lipinski definition) is 1. The fourth-order valence-corrected chi connectivity index (χ4v) is 3.96. The van der Waals surface area contributed by atoms with Crippen LogP contribution in [-0.4, -0.2) is 41.4 Å². The summed E-state index contributed by atoms with van der Waals surface area (Å²) in [6.07, 6.45) is 0. The van der Waals surface area contributed by atoms with Crippen molar-refractivity contribution in [3.05, 3.63) is 58.6 Å². The lowest BCUT2D eigenvalue weighted by molar-refractivity contribution is -0.123. The molecule has 0 bridgehead atoms. The molecule has 160 valence electrons. The number of carbonyl (C=O) groups excluding carboxylic acids is 3. The second kappa shape index (κ2) is 8.11. The first-order valence-electron chi connectivity index (χ1n) is 9.97. The number of nitrogens with zero attached hydrogens (tertiary/aromatic N) is 4. The predicted octanol–water partition coefficient (Wildman–Crippen LogP) is 3.70. The smallest absolute Gasteiger partial charge is 0.263 e. The number of anilines is 2. The van der Waals surface area contributed by atoms with E-state index in [0.717, 1.165) is 16.0 Å². The van der Waals surface area contributed by atoms with Crippen LogP contribution in [0.5, 0.6) is 0 Å². The molecule has 1 fully saturated rings. The first kappa shape index (κ1) is 21.0. The number of imide groups is 1. The largest absolute Gasteiger partial charge is 0.323 e. The minimum absolute atomic E-state index is 0.228. The molecule has 2 atom stereocenters. The van der Waals surface area contributed by atoms with Gasteiger partial charge in [0.05, 0.1) is 16.4 Å². The minimum Gasteiger partial charge on any atom is -0.323 e. The highest BCUT2D eigenvalue weighted by molar-refractivity contribution is 6.33. The zero-order valence-electron chi connectivity index (χ0n) is 17.4. The Morgan fingerprint density at radius 3 is 2.48 bits per heavy atom. The van der Waals surface area contributed by atoms with Crippen molar-refractivity contribution in [3.8, 4) is 0 Å². The summed E-state index contributed by atoms with van der Waals surface area (Å²) in [7, 11) is 0. The molecule has 3 amide bonds. The van der Waals surface area contributed by atoms with E-state index >= 15 is 0 Å². The first-order valence-corrected chi connectivity index (χ1v) is 10.3. The van der Waals surface area contributed by atoms with Gasteiger partial charge in [-0.2, -0.15) is 5.11 Å². The van der Waals surface area contributed by atoms with Crippen LogP contribution in [0.4, 0.5) is 11.4 Å². The summed E-state index contributed by atoms with van der Waals surface area (Å²) >= 11 is 6.16. The molecular formula is C22H22ClN5O3. The Bertz CT molecular complexity index is 1080. The second-order valence-corrected chi connectivity index (χ2v) is 8.39. The first-order chi connectivity index (χ1) is 14.8. The number of hydrogen-bond acceptors (Lipinski definition) is 6. The van der Waals surface area contributed by atoms with Gasteiger partial charge in [0, 0.05) is 0 Å². The van der Waals surface area contributed by atoms with E-state index in [1.807, 2.05) is 25.1 Å². The summed E-state index contributed by atoms with van der Waals surface area (Å²) in [6, 6.07) is 10.7. The third-order valence-electron chi connectivity index (χ3n) is 5.38. The van der Waals surface area contributed by atoms with Gasteiger partial charge in [-0.15, -0.1) is 0 Å². The van der Waals surface area contributed by atoms with E-state index in [0.29, 0.717) is 22.3 Å². The van der Waals surface area contributed by atoms with Crippen LogP contribution < -0.4 is 10.2 Å². The highest BCUT2D eigenvalue weighted by atomic mass is 35.5. The van der Waals surface area contributed by atoms with E-state index < -0.39 is 29.8 Å². The zero-order valence-corrected chi connectivity index (χ0v) is 18.1. The Balaban J connectivity index is 1.48. The van der Waals surface area contributed by atoms with Crippen LogP contribution in [-0.2, 0) is 14.4 Å². The van der Waals surface area contributed by atoms with Crippen molar-refractivity contribution in [2.45, 2.75) is 38.8 Å². The van der Waals surface area contributed by atoms with E-state index in [2.05, 4.69) is 29.5 Å². The van der Waals surface area contributed by atoms with Gasteiger partial charge in [-0.3, -0.25) is 19.4 Å². The highest BCUT2D eigenvalue weighted by Crippen LogP contribution is 2.32. The quantitative estimate of drug-likeness (QED) is 0.718. The number of amides is 3. The summed E-state index contributed by atoms with van der Waals surface area (Å²) in [6.45, 7) is 5.80. The van der Waals surface area contributed by atoms with Crippen LogP contribution in [0.25, 0.3) is 0 Å². The number of rotatable bonds is 5. The molecule has 9 heteroatoms. The van der Waals surface area contributed by atoms with Gasteiger partial charge in [0.2, 0.25) is 5.91 Å². The molecule has 0 spiro atoms. The van der Waals surface area contributed by atoms with Gasteiger partial charge < -0.3 is 5.32 Å². The normalized spacial score (nSPS) is 20.0. The lowest BCUT2D eigenvalue weighted by Crippen LogP contribution is -2.43. The Labute approximate surface area is 184 Å². The molecule has 1 saturated heterocycles.